The van der Waals surface area contributed by atoms with Crippen LogP contribution in [0.2, 0.25) is 0 Å². The number of anilines is 1. The number of carbonyl (C=O) groups excluding carboxylic acids is 1. The van der Waals surface area contributed by atoms with Crippen LogP contribution < -0.4 is 11.1 Å². The van der Waals surface area contributed by atoms with Crippen LogP contribution >= 0.6 is 11.3 Å². The molecule has 1 amide bonds. The number of amides is 1. The largest absolute Gasteiger partial charge is 0.396 e. The van der Waals surface area contributed by atoms with Gasteiger partial charge in [-0.05, 0) is 30.9 Å². The van der Waals surface area contributed by atoms with Crippen LogP contribution in [0.1, 0.15) is 41.8 Å². The van der Waals surface area contributed by atoms with E-state index in [-0.39, 0.29) is 5.91 Å². The number of aromatic nitrogens is 1. The fraction of sp³-hybridized carbons (Fsp3) is 0.467. The Morgan fingerprint density at radius 2 is 2.20 bits per heavy atom. The van der Waals surface area contributed by atoms with E-state index in [2.05, 4.69) is 10.3 Å². The van der Waals surface area contributed by atoms with E-state index >= 15 is 0 Å². The number of nitrogens with zero attached hydrogens (tertiary/aromatic N) is 1. The lowest BCUT2D eigenvalue weighted by Crippen LogP contribution is -2.30. The summed E-state index contributed by atoms with van der Waals surface area (Å²) in [6.45, 7) is 0.764. The molecule has 2 aromatic heterocycles. The topological polar surface area (TPSA) is 68.0 Å². The second kappa shape index (κ2) is 5.79. The Bertz CT molecular complexity index is 617. The first-order valence-electron chi connectivity index (χ1n) is 7.17. The summed E-state index contributed by atoms with van der Waals surface area (Å²) in [5.41, 5.74) is 7.28. The number of hydrogen-bond donors (Lipinski definition) is 2. The van der Waals surface area contributed by atoms with Gasteiger partial charge in [0.25, 0.3) is 5.91 Å². The second-order valence-corrected chi connectivity index (χ2v) is 6.46. The summed E-state index contributed by atoms with van der Waals surface area (Å²) in [5, 5.41) is 3.03. The second-order valence-electron chi connectivity index (χ2n) is 5.41. The van der Waals surface area contributed by atoms with Gasteiger partial charge in [0.15, 0.2) is 0 Å². The summed E-state index contributed by atoms with van der Waals surface area (Å²) in [6.07, 6.45) is 8.06. The van der Waals surface area contributed by atoms with Gasteiger partial charge < -0.3 is 11.1 Å². The zero-order chi connectivity index (χ0) is 13.9. The molecule has 1 fully saturated rings. The summed E-state index contributed by atoms with van der Waals surface area (Å²) in [4.78, 5) is 17.1. The molecular formula is C15H19N3OS. The van der Waals surface area contributed by atoms with E-state index in [1.54, 1.807) is 6.20 Å². The smallest absolute Gasteiger partial charge is 0.263 e. The molecule has 106 valence electrons. The van der Waals surface area contributed by atoms with Crippen molar-refractivity contribution in [3.8, 4) is 0 Å². The highest BCUT2D eigenvalue weighted by atomic mass is 32.1. The van der Waals surface area contributed by atoms with Gasteiger partial charge in [0.2, 0.25) is 0 Å². The van der Waals surface area contributed by atoms with E-state index in [1.807, 2.05) is 12.1 Å². The molecule has 3 N–H and O–H groups in total. The molecule has 0 saturated heterocycles. The van der Waals surface area contributed by atoms with E-state index in [4.69, 9.17) is 5.73 Å². The quantitative estimate of drug-likeness (QED) is 0.911. The number of pyridine rings is 1. The number of nitrogens with two attached hydrogens (primary N) is 1. The number of fused-ring (bicyclic) bond motifs is 1. The minimum atomic E-state index is -0.0592. The molecule has 0 radical (unpaired) electrons. The summed E-state index contributed by atoms with van der Waals surface area (Å²) in [6, 6.07) is 3.81. The Morgan fingerprint density at radius 1 is 1.40 bits per heavy atom. The van der Waals surface area contributed by atoms with Gasteiger partial charge in [0.1, 0.15) is 10.4 Å². The molecule has 1 saturated carbocycles. The van der Waals surface area contributed by atoms with Crippen molar-refractivity contribution in [2.75, 3.05) is 12.3 Å². The lowest BCUT2D eigenvalue weighted by molar-refractivity contribution is 0.0948. The van der Waals surface area contributed by atoms with Gasteiger partial charge in [-0.25, -0.2) is 0 Å². The minimum absolute atomic E-state index is 0.0592. The zero-order valence-electron chi connectivity index (χ0n) is 11.4. The average molecular weight is 289 g/mol. The Hall–Kier alpha value is -1.62. The van der Waals surface area contributed by atoms with Gasteiger partial charge in [0, 0.05) is 12.7 Å². The fourth-order valence-electron chi connectivity index (χ4n) is 2.82. The molecule has 3 rings (SSSR count). The Kier molecular flexibility index (Phi) is 3.87. The van der Waals surface area contributed by atoms with Crippen LogP contribution in [0.15, 0.2) is 18.3 Å². The van der Waals surface area contributed by atoms with Gasteiger partial charge in [-0.15, -0.1) is 11.3 Å². The number of nitrogens with one attached hydrogen (secondary N) is 1. The van der Waals surface area contributed by atoms with Crippen molar-refractivity contribution in [3.05, 3.63) is 23.2 Å². The minimum Gasteiger partial charge on any atom is -0.396 e. The lowest BCUT2D eigenvalue weighted by atomic mass is 9.89. The summed E-state index contributed by atoms with van der Waals surface area (Å²) >= 11 is 1.42. The highest BCUT2D eigenvalue weighted by Crippen LogP contribution is 2.31. The highest BCUT2D eigenvalue weighted by molar-refractivity contribution is 7.21. The van der Waals surface area contributed by atoms with Crippen LogP contribution in [0.5, 0.6) is 0 Å². The molecule has 0 spiro atoms. The SMILES string of the molecule is Nc1c(C(=O)NCC2CCCCC2)sc2cccnc12. The summed E-state index contributed by atoms with van der Waals surface area (Å²) in [5.74, 6) is 0.567. The maximum atomic E-state index is 12.3. The van der Waals surface area contributed by atoms with Crippen molar-refractivity contribution in [1.82, 2.24) is 10.3 Å². The first kappa shape index (κ1) is 13.4. The van der Waals surface area contributed by atoms with Crippen molar-refractivity contribution >= 4 is 33.1 Å². The molecule has 2 heterocycles. The first-order chi connectivity index (χ1) is 9.75. The van der Waals surface area contributed by atoms with Gasteiger partial charge in [-0.3, -0.25) is 9.78 Å². The molecular weight excluding hydrogens is 270 g/mol. The highest BCUT2D eigenvalue weighted by Gasteiger charge is 2.19. The van der Waals surface area contributed by atoms with Crippen LogP contribution in [0.25, 0.3) is 10.2 Å². The number of thiophene rings is 1. The number of rotatable bonds is 3. The predicted molar refractivity (Wildman–Crippen MR) is 82.9 cm³/mol. The molecule has 0 atom stereocenters. The van der Waals surface area contributed by atoms with Crippen molar-refractivity contribution in [2.45, 2.75) is 32.1 Å². The molecule has 4 nitrogen and oxygen atoms in total. The van der Waals surface area contributed by atoms with Gasteiger partial charge in [0.05, 0.1) is 10.4 Å². The standard InChI is InChI=1S/C15H19N3OS/c16-12-13-11(7-4-8-17-13)20-14(12)15(19)18-9-10-5-2-1-3-6-10/h4,7-8,10H,1-3,5-6,9,16H2,(H,18,19). The average Bonchev–Trinajstić information content (AvgIpc) is 2.84. The van der Waals surface area contributed by atoms with Crippen LogP contribution in [0.4, 0.5) is 5.69 Å². The molecule has 0 aliphatic heterocycles. The third-order valence-electron chi connectivity index (χ3n) is 3.96. The van der Waals surface area contributed by atoms with Gasteiger partial charge in [-0.2, -0.15) is 0 Å². The number of nitrogen functional groups attached to an aromatic ring is 1. The van der Waals surface area contributed by atoms with Crippen molar-refractivity contribution in [1.29, 1.82) is 0 Å². The van der Waals surface area contributed by atoms with Crippen LogP contribution in [-0.2, 0) is 0 Å². The van der Waals surface area contributed by atoms with Crippen LogP contribution in [-0.4, -0.2) is 17.4 Å². The molecule has 1 aliphatic rings. The molecule has 0 unspecified atom stereocenters. The van der Waals surface area contributed by atoms with Gasteiger partial charge in [-0.1, -0.05) is 19.3 Å². The van der Waals surface area contributed by atoms with E-state index in [0.29, 0.717) is 16.5 Å². The fourth-order valence-corrected chi connectivity index (χ4v) is 3.82. The molecule has 2 aromatic rings. The number of hydrogen-bond acceptors (Lipinski definition) is 4. The zero-order valence-corrected chi connectivity index (χ0v) is 12.2. The normalized spacial score (nSPS) is 16.4. The predicted octanol–water partition coefficient (Wildman–Crippen LogP) is 3.19. The van der Waals surface area contributed by atoms with E-state index in [9.17, 15) is 4.79 Å². The van der Waals surface area contributed by atoms with E-state index < -0.39 is 0 Å². The monoisotopic (exact) mass is 289 g/mol. The van der Waals surface area contributed by atoms with Crippen molar-refractivity contribution < 1.29 is 4.79 Å². The Balaban J connectivity index is 1.70. The third-order valence-corrected chi connectivity index (χ3v) is 5.12. The van der Waals surface area contributed by atoms with Crippen molar-refractivity contribution in [2.24, 2.45) is 5.92 Å². The molecule has 20 heavy (non-hydrogen) atoms. The molecule has 5 heteroatoms. The van der Waals surface area contributed by atoms with Crippen LogP contribution in [0.3, 0.4) is 0 Å². The maximum Gasteiger partial charge on any atom is 0.263 e. The van der Waals surface area contributed by atoms with Crippen LogP contribution in [0, 0.1) is 5.92 Å². The van der Waals surface area contributed by atoms with E-state index in [1.165, 1.54) is 43.4 Å². The Labute approximate surface area is 122 Å². The molecule has 1 aliphatic carbocycles. The summed E-state index contributed by atoms with van der Waals surface area (Å²) in [7, 11) is 0. The maximum absolute atomic E-state index is 12.3. The third kappa shape index (κ3) is 2.63. The molecule has 0 bridgehead atoms. The first-order valence-corrected chi connectivity index (χ1v) is 7.98. The van der Waals surface area contributed by atoms with Crippen molar-refractivity contribution in [3.63, 3.8) is 0 Å². The summed E-state index contributed by atoms with van der Waals surface area (Å²) < 4.78 is 0.966. The molecule has 0 aromatic carbocycles. The number of carbonyl (C=O) groups is 1. The van der Waals surface area contributed by atoms with E-state index in [0.717, 1.165) is 16.8 Å². The van der Waals surface area contributed by atoms with Gasteiger partial charge >= 0.3 is 0 Å². The lowest BCUT2D eigenvalue weighted by Gasteiger charge is -2.21. The Morgan fingerprint density at radius 3 is 2.95 bits per heavy atom.